The third-order valence-electron chi connectivity index (χ3n) is 3.73. The molecular formula is C15H23BrN2. The molecule has 100 valence electrons. The summed E-state index contributed by atoms with van der Waals surface area (Å²) in [4.78, 5) is 2.53. The molecule has 1 N–H and O–H groups in total. The monoisotopic (exact) mass is 310 g/mol. The first-order valence-corrected chi connectivity index (χ1v) is 7.69. The van der Waals surface area contributed by atoms with Gasteiger partial charge in [0.2, 0.25) is 0 Å². The lowest BCUT2D eigenvalue weighted by Gasteiger charge is -2.25. The summed E-state index contributed by atoms with van der Waals surface area (Å²) < 4.78 is 1.17. The highest BCUT2D eigenvalue weighted by Gasteiger charge is 2.22. The number of rotatable bonds is 4. The van der Waals surface area contributed by atoms with Crippen LogP contribution in [0.25, 0.3) is 0 Å². The first kappa shape index (κ1) is 13.9. The minimum Gasteiger partial charge on any atom is -0.371 e. The van der Waals surface area contributed by atoms with Crippen LogP contribution in [0.5, 0.6) is 0 Å². The van der Waals surface area contributed by atoms with E-state index in [1.807, 2.05) is 0 Å². The Morgan fingerprint density at radius 2 is 2.28 bits per heavy atom. The zero-order valence-electron chi connectivity index (χ0n) is 11.5. The largest absolute Gasteiger partial charge is 0.371 e. The summed E-state index contributed by atoms with van der Waals surface area (Å²) in [5.74, 6) is 0.816. The van der Waals surface area contributed by atoms with Gasteiger partial charge in [-0.15, -0.1) is 0 Å². The van der Waals surface area contributed by atoms with E-state index < -0.39 is 0 Å². The molecule has 2 nitrogen and oxygen atoms in total. The molecule has 3 heteroatoms. The molecule has 2 unspecified atom stereocenters. The van der Waals surface area contributed by atoms with E-state index in [2.05, 4.69) is 65.1 Å². The van der Waals surface area contributed by atoms with E-state index >= 15 is 0 Å². The number of nitrogens with zero attached hydrogens (tertiary/aromatic N) is 1. The molecule has 0 radical (unpaired) electrons. The van der Waals surface area contributed by atoms with Crippen molar-refractivity contribution in [3.05, 3.63) is 28.2 Å². The van der Waals surface area contributed by atoms with Crippen LogP contribution in [0.15, 0.2) is 22.7 Å². The van der Waals surface area contributed by atoms with Crippen molar-refractivity contribution in [3.8, 4) is 0 Å². The van der Waals surface area contributed by atoms with Crippen LogP contribution in [0.4, 0.5) is 5.69 Å². The van der Waals surface area contributed by atoms with Gasteiger partial charge in [0, 0.05) is 29.3 Å². The van der Waals surface area contributed by atoms with Crippen molar-refractivity contribution in [1.82, 2.24) is 5.32 Å². The lowest BCUT2D eigenvalue weighted by Crippen LogP contribution is -2.24. The number of halogens is 1. The molecule has 0 spiro atoms. The van der Waals surface area contributed by atoms with E-state index in [4.69, 9.17) is 0 Å². The van der Waals surface area contributed by atoms with Gasteiger partial charge in [0.15, 0.2) is 0 Å². The minimum atomic E-state index is 0.401. The summed E-state index contributed by atoms with van der Waals surface area (Å²) in [7, 11) is 0. The van der Waals surface area contributed by atoms with Crippen LogP contribution >= 0.6 is 15.9 Å². The smallest absolute Gasteiger partial charge is 0.0415 e. The van der Waals surface area contributed by atoms with E-state index in [1.165, 1.54) is 35.2 Å². The third kappa shape index (κ3) is 3.07. The average Bonchev–Trinajstić information content (AvgIpc) is 2.76. The Balaban J connectivity index is 2.28. The number of hydrogen-bond donors (Lipinski definition) is 1. The molecule has 1 heterocycles. The molecule has 0 bridgehead atoms. The Morgan fingerprint density at radius 1 is 1.50 bits per heavy atom. The van der Waals surface area contributed by atoms with Gasteiger partial charge in [0.25, 0.3) is 0 Å². The van der Waals surface area contributed by atoms with Crippen molar-refractivity contribution in [3.63, 3.8) is 0 Å². The molecule has 2 atom stereocenters. The zero-order chi connectivity index (χ0) is 13.1. The van der Waals surface area contributed by atoms with Crippen LogP contribution < -0.4 is 10.2 Å². The fraction of sp³-hybridized carbons (Fsp3) is 0.600. The summed E-state index contributed by atoms with van der Waals surface area (Å²) in [6, 6.07) is 7.07. The second kappa shape index (κ2) is 6.07. The fourth-order valence-corrected chi connectivity index (χ4v) is 3.11. The van der Waals surface area contributed by atoms with E-state index in [9.17, 15) is 0 Å². The van der Waals surface area contributed by atoms with E-state index in [1.54, 1.807) is 0 Å². The van der Waals surface area contributed by atoms with Gasteiger partial charge in [-0.2, -0.15) is 0 Å². The molecule has 0 aliphatic carbocycles. The Kier molecular flexibility index (Phi) is 4.68. The van der Waals surface area contributed by atoms with Gasteiger partial charge >= 0.3 is 0 Å². The van der Waals surface area contributed by atoms with Gasteiger partial charge < -0.3 is 10.2 Å². The summed E-state index contributed by atoms with van der Waals surface area (Å²) in [6.45, 7) is 10.1. The van der Waals surface area contributed by atoms with Gasteiger partial charge in [-0.25, -0.2) is 0 Å². The Morgan fingerprint density at radius 3 is 2.89 bits per heavy atom. The van der Waals surface area contributed by atoms with Crippen LogP contribution in [0.1, 0.15) is 38.8 Å². The van der Waals surface area contributed by atoms with Crippen LogP contribution in [-0.4, -0.2) is 19.6 Å². The lowest BCUT2D eigenvalue weighted by molar-refractivity contribution is 0.596. The number of nitrogens with one attached hydrogen (secondary N) is 1. The second-order valence-electron chi connectivity index (χ2n) is 5.32. The van der Waals surface area contributed by atoms with Crippen molar-refractivity contribution in [2.45, 2.75) is 33.2 Å². The number of anilines is 1. The molecule has 0 aromatic heterocycles. The zero-order valence-corrected chi connectivity index (χ0v) is 13.1. The van der Waals surface area contributed by atoms with Crippen LogP contribution in [0.3, 0.4) is 0 Å². The maximum absolute atomic E-state index is 3.59. The Labute approximate surface area is 119 Å². The number of benzene rings is 1. The van der Waals surface area contributed by atoms with Crippen molar-refractivity contribution in [2.75, 3.05) is 24.5 Å². The molecule has 1 fully saturated rings. The first-order chi connectivity index (χ1) is 8.61. The van der Waals surface area contributed by atoms with Gasteiger partial charge in [0.05, 0.1) is 0 Å². The Hall–Kier alpha value is -0.540. The van der Waals surface area contributed by atoms with Crippen molar-refractivity contribution < 1.29 is 0 Å². The fourth-order valence-electron chi connectivity index (χ4n) is 2.73. The standard InChI is InChI=1S/C15H23BrN2/c1-4-17-12(3)14-9-13(16)5-6-15(14)18-8-7-11(2)10-18/h5-6,9,11-12,17H,4,7-8,10H2,1-3H3. The summed E-state index contributed by atoms with van der Waals surface area (Å²) in [6.07, 6.45) is 1.31. The summed E-state index contributed by atoms with van der Waals surface area (Å²) >= 11 is 3.59. The molecule has 1 aliphatic rings. The maximum Gasteiger partial charge on any atom is 0.0415 e. The molecule has 1 aromatic carbocycles. The summed E-state index contributed by atoms with van der Waals surface area (Å²) in [5.41, 5.74) is 2.80. The third-order valence-corrected chi connectivity index (χ3v) is 4.22. The molecule has 1 aromatic rings. The molecule has 1 aliphatic heterocycles. The van der Waals surface area contributed by atoms with Crippen LogP contribution in [0, 0.1) is 5.92 Å². The van der Waals surface area contributed by atoms with E-state index in [0.717, 1.165) is 12.5 Å². The molecule has 18 heavy (non-hydrogen) atoms. The highest BCUT2D eigenvalue weighted by molar-refractivity contribution is 9.10. The van der Waals surface area contributed by atoms with E-state index in [-0.39, 0.29) is 0 Å². The predicted molar refractivity (Wildman–Crippen MR) is 82.2 cm³/mol. The topological polar surface area (TPSA) is 15.3 Å². The SMILES string of the molecule is CCNC(C)c1cc(Br)ccc1N1CCC(C)C1. The average molecular weight is 311 g/mol. The Bertz CT molecular complexity index is 405. The van der Waals surface area contributed by atoms with Crippen LogP contribution in [-0.2, 0) is 0 Å². The highest BCUT2D eigenvalue weighted by atomic mass is 79.9. The van der Waals surface area contributed by atoms with Gasteiger partial charge in [0.1, 0.15) is 0 Å². The molecule has 1 saturated heterocycles. The van der Waals surface area contributed by atoms with Gasteiger partial charge in [-0.05, 0) is 49.6 Å². The minimum absolute atomic E-state index is 0.401. The second-order valence-corrected chi connectivity index (χ2v) is 6.24. The maximum atomic E-state index is 3.59. The lowest BCUT2D eigenvalue weighted by atomic mass is 10.1. The van der Waals surface area contributed by atoms with Crippen molar-refractivity contribution in [1.29, 1.82) is 0 Å². The number of hydrogen-bond acceptors (Lipinski definition) is 2. The van der Waals surface area contributed by atoms with Crippen molar-refractivity contribution in [2.24, 2.45) is 5.92 Å². The molecule has 0 saturated carbocycles. The quantitative estimate of drug-likeness (QED) is 0.905. The normalized spacial score (nSPS) is 21.3. The van der Waals surface area contributed by atoms with Crippen molar-refractivity contribution >= 4 is 21.6 Å². The molecule has 2 rings (SSSR count). The predicted octanol–water partition coefficient (Wildman–Crippen LogP) is 3.97. The highest BCUT2D eigenvalue weighted by Crippen LogP contribution is 2.32. The summed E-state index contributed by atoms with van der Waals surface area (Å²) in [5, 5.41) is 3.52. The van der Waals surface area contributed by atoms with Crippen LogP contribution in [0.2, 0.25) is 0 Å². The molecular weight excluding hydrogens is 288 g/mol. The first-order valence-electron chi connectivity index (χ1n) is 6.89. The van der Waals surface area contributed by atoms with Gasteiger partial charge in [-0.3, -0.25) is 0 Å². The van der Waals surface area contributed by atoms with Gasteiger partial charge in [-0.1, -0.05) is 29.8 Å². The molecule has 0 amide bonds. The van der Waals surface area contributed by atoms with E-state index in [0.29, 0.717) is 6.04 Å².